The lowest BCUT2D eigenvalue weighted by atomic mass is 10.2. The van der Waals surface area contributed by atoms with Crippen molar-refractivity contribution in [2.75, 3.05) is 6.61 Å². The fraction of sp³-hybridized carbons (Fsp3) is 0.125. The highest BCUT2D eigenvalue weighted by Crippen LogP contribution is 2.23. The van der Waals surface area contributed by atoms with Gasteiger partial charge in [-0.3, -0.25) is 0 Å². The maximum absolute atomic E-state index is 13.2. The number of halogens is 3. The van der Waals surface area contributed by atoms with Gasteiger partial charge in [-0.1, -0.05) is 29.5 Å². The number of rotatable bonds is 3. The van der Waals surface area contributed by atoms with E-state index in [9.17, 15) is 8.78 Å². The Bertz CT molecular complexity index is 705. The van der Waals surface area contributed by atoms with Gasteiger partial charge in [-0.25, -0.2) is 8.78 Å². The van der Waals surface area contributed by atoms with E-state index in [1.807, 2.05) is 0 Å². The van der Waals surface area contributed by atoms with Gasteiger partial charge in [0.1, 0.15) is 30.6 Å². The summed E-state index contributed by atoms with van der Waals surface area (Å²) in [7, 11) is 0. The molecule has 1 N–H and O–H groups in total. The van der Waals surface area contributed by atoms with Crippen LogP contribution in [-0.4, -0.2) is 11.7 Å². The molecule has 0 spiro atoms. The Morgan fingerprint density at radius 3 is 2.52 bits per heavy atom. The Morgan fingerprint density at radius 1 is 1.10 bits per heavy atom. The van der Waals surface area contributed by atoms with Gasteiger partial charge in [0.2, 0.25) is 0 Å². The van der Waals surface area contributed by atoms with Crippen LogP contribution in [0.2, 0.25) is 5.02 Å². The third kappa shape index (κ3) is 4.19. The number of aliphatic hydroxyl groups excluding tert-OH is 1. The molecule has 0 aliphatic rings. The summed E-state index contributed by atoms with van der Waals surface area (Å²) in [5, 5.41) is 8.95. The first-order valence-corrected chi connectivity index (χ1v) is 6.44. The Labute approximate surface area is 125 Å². The molecule has 0 unspecified atom stereocenters. The largest absolute Gasteiger partial charge is 0.488 e. The van der Waals surface area contributed by atoms with E-state index in [0.29, 0.717) is 16.9 Å². The number of aliphatic hydroxyl groups is 1. The summed E-state index contributed by atoms with van der Waals surface area (Å²) in [6.45, 7) is -0.238. The van der Waals surface area contributed by atoms with Crippen molar-refractivity contribution in [1.82, 2.24) is 0 Å². The molecule has 108 valence electrons. The molecule has 0 radical (unpaired) electrons. The van der Waals surface area contributed by atoms with Crippen LogP contribution in [0.5, 0.6) is 5.75 Å². The first-order chi connectivity index (χ1) is 10.1. The predicted molar refractivity (Wildman–Crippen MR) is 76.1 cm³/mol. The van der Waals surface area contributed by atoms with Gasteiger partial charge in [-0.05, 0) is 30.3 Å². The number of hydrogen-bond acceptors (Lipinski definition) is 2. The SMILES string of the molecule is OCC#Cc1cc(F)ccc1OCc1ccc(F)cc1Cl. The maximum Gasteiger partial charge on any atom is 0.135 e. The predicted octanol–water partition coefficient (Wildman–Crippen LogP) is 3.54. The van der Waals surface area contributed by atoms with Gasteiger partial charge in [0.05, 0.1) is 10.6 Å². The lowest BCUT2D eigenvalue weighted by Gasteiger charge is -2.10. The van der Waals surface area contributed by atoms with E-state index in [0.717, 1.165) is 0 Å². The van der Waals surface area contributed by atoms with E-state index in [1.54, 1.807) is 0 Å². The zero-order valence-electron chi connectivity index (χ0n) is 10.9. The summed E-state index contributed by atoms with van der Waals surface area (Å²) >= 11 is 5.90. The fourth-order valence-corrected chi connectivity index (χ4v) is 1.88. The van der Waals surface area contributed by atoms with Gasteiger partial charge < -0.3 is 9.84 Å². The van der Waals surface area contributed by atoms with Crippen molar-refractivity contribution >= 4 is 11.6 Å². The van der Waals surface area contributed by atoms with Gasteiger partial charge in [0.15, 0.2) is 0 Å². The zero-order chi connectivity index (χ0) is 15.2. The molecule has 2 rings (SSSR count). The van der Waals surface area contributed by atoms with Gasteiger partial charge in [-0.15, -0.1) is 0 Å². The van der Waals surface area contributed by atoms with Gasteiger partial charge in [-0.2, -0.15) is 0 Å². The molecule has 0 aliphatic heterocycles. The van der Waals surface area contributed by atoms with Crippen molar-refractivity contribution in [2.45, 2.75) is 6.61 Å². The molecule has 5 heteroatoms. The summed E-state index contributed by atoms with van der Waals surface area (Å²) in [6, 6.07) is 7.88. The maximum atomic E-state index is 13.2. The van der Waals surface area contributed by atoms with Crippen LogP contribution in [0.3, 0.4) is 0 Å². The molecule has 2 aromatic carbocycles. The first-order valence-electron chi connectivity index (χ1n) is 6.06. The normalized spacial score (nSPS) is 9.90. The zero-order valence-corrected chi connectivity index (χ0v) is 11.6. The summed E-state index contributed by atoms with van der Waals surface area (Å²) < 4.78 is 31.7. The monoisotopic (exact) mass is 308 g/mol. The van der Waals surface area contributed by atoms with Crippen molar-refractivity contribution in [3.63, 3.8) is 0 Å². The van der Waals surface area contributed by atoms with Gasteiger partial charge in [0, 0.05) is 5.56 Å². The second-order valence-corrected chi connectivity index (χ2v) is 4.53. The molecule has 0 aromatic heterocycles. The minimum Gasteiger partial charge on any atom is -0.488 e. The molecule has 0 bridgehead atoms. The molecular formula is C16H11ClF2O2. The van der Waals surface area contributed by atoms with Crippen LogP contribution < -0.4 is 4.74 Å². The molecule has 0 heterocycles. The average molecular weight is 309 g/mol. The summed E-state index contributed by atoms with van der Waals surface area (Å²) in [5.74, 6) is 4.51. The van der Waals surface area contributed by atoms with Crippen molar-refractivity contribution in [1.29, 1.82) is 0 Å². The van der Waals surface area contributed by atoms with E-state index < -0.39 is 11.6 Å². The van der Waals surface area contributed by atoms with E-state index in [1.165, 1.54) is 36.4 Å². The standard InChI is InChI=1S/C16H11ClF2O2/c17-15-9-14(19)4-3-12(15)10-21-16-6-5-13(18)8-11(16)2-1-7-20/h3-6,8-9,20H,7,10H2. The molecule has 0 saturated heterocycles. The second kappa shape index (κ2) is 7.07. The van der Waals surface area contributed by atoms with Crippen LogP contribution >= 0.6 is 11.6 Å². The Kier molecular flexibility index (Phi) is 5.15. The lowest BCUT2D eigenvalue weighted by molar-refractivity contribution is 0.305. The smallest absolute Gasteiger partial charge is 0.135 e. The minimum atomic E-state index is -0.454. The van der Waals surface area contributed by atoms with E-state index >= 15 is 0 Å². The van der Waals surface area contributed by atoms with E-state index in [4.69, 9.17) is 21.4 Å². The van der Waals surface area contributed by atoms with Crippen LogP contribution in [0.15, 0.2) is 36.4 Å². The molecule has 0 saturated carbocycles. The van der Waals surface area contributed by atoms with Crippen LogP contribution in [0.4, 0.5) is 8.78 Å². The average Bonchev–Trinajstić information content (AvgIpc) is 2.45. The summed E-state index contributed by atoms with van der Waals surface area (Å²) in [6.07, 6.45) is 0. The number of hydrogen-bond donors (Lipinski definition) is 1. The summed E-state index contributed by atoms with van der Waals surface area (Å²) in [4.78, 5) is 0. The quantitative estimate of drug-likeness (QED) is 0.879. The fourth-order valence-electron chi connectivity index (χ4n) is 1.65. The lowest BCUT2D eigenvalue weighted by Crippen LogP contribution is -1.99. The van der Waals surface area contributed by atoms with Crippen LogP contribution in [0, 0.1) is 23.5 Å². The Hall–Kier alpha value is -2.09. The van der Waals surface area contributed by atoms with Crippen molar-refractivity contribution in [3.05, 3.63) is 64.2 Å². The van der Waals surface area contributed by atoms with Crippen molar-refractivity contribution in [2.24, 2.45) is 0 Å². The molecule has 0 aliphatic carbocycles. The number of benzene rings is 2. The highest BCUT2D eigenvalue weighted by Gasteiger charge is 2.07. The molecule has 21 heavy (non-hydrogen) atoms. The first kappa shape index (κ1) is 15.3. The van der Waals surface area contributed by atoms with Crippen LogP contribution in [0.25, 0.3) is 0 Å². The Morgan fingerprint density at radius 2 is 1.81 bits per heavy atom. The molecule has 0 fully saturated rings. The molecule has 0 atom stereocenters. The highest BCUT2D eigenvalue weighted by molar-refractivity contribution is 6.31. The van der Waals surface area contributed by atoms with Gasteiger partial charge in [0.25, 0.3) is 0 Å². The third-order valence-corrected chi connectivity index (χ3v) is 2.99. The molecular weight excluding hydrogens is 298 g/mol. The number of ether oxygens (including phenoxy) is 1. The molecule has 2 aromatic rings. The third-order valence-electron chi connectivity index (χ3n) is 2.64. The van der Waals surface area contributed by atoms with Crippen LogP contribution in [-0.2, 0) is 6.61 Å². The highest BCUT2D eigenvalue weighted by atomic mass is 35.5. The van der Waals surface area contributed by atoms with Crippen molar-refractivity contribution < 1.29 is 18.6 Å². The summed E-state index contributed by atoms with van der Waals surface area (Å²) in [5.41, 5.74) is 0.922. The van der Waals surface area contributed by atoms with Gasteiger partial charge >= 0.3 is 0 Å². The molecule has 0 amide bonds. The Balaban J connectivity index is 2.19. The topological polar surface area (TPSA) is 29.5 Å². The van der Waals surface area contributed by atoms with Crippen molar-refractivity contribution in [3.8, 4) is 17.6 Å². The van der Waals surface area contributed by atoms with Crippen LogP contribution in [0.1, 0.15) is 11.1 Å². The second-order valence-electron chi connectivity index (χ2n) is 4.12. The minimum absolute atomic E-state index is 0.0958. The molecule has 2 nitrogen and oxygen atoms in total. The van der Waals surface area contributed by atoms with E-state index in [-0.39, 0.29) is 18.2 Å². The van der Waals surface area contributed by atoms with E-state index in [2.05, 4.69) is 11.8 Å².